The molecule has 1 aromatic rings. The maximum absolute atomic E-state index is 5.16. The second-order valence-corrected chi connectivity index (χ2v) is 4.69. The van der Waals surface area contributed by atoms with Gasteiger partial charge in [0.2, 0.25) is 0 Å². The van der Waals surface area contributed by atoms with Crippen LogP contribution in [0.2, 0.25) is 0 Å². The first kappa shape index (κ1) is 12.0. The first-order valence-electron chi connectivity index (χ1n) is 6.26. The molecule has 17 heavy (non-hydrogen) atoms. The highest BCUT2D eigenvalue weighted by Crippen LogP contribution is 2.21. The monoisotopic (exact) mass is 228 g/mol. The van der Waals surface area contributed by atoms with Gasteiger partial charge < -0.3 is 4.74 Å². The van der Waals surface area contributed by atoms with Gasteiger partial charge in [-0.2, -0.15) is 0 Å². The van der Waals surface area contributed by atoms with E-state index in [0.29, 0.717) is 5.92 Å². The van der Waals surface area contributed by atoms with Crippen molar-refractivity contribution in [3.8, 4) is 5.75 Å². The standard InChI is InChI=1S/C16H20O/c1-13-3-5-14(6-4-13)7-8-15-9-11-16(17-2)12-10-15/h3-5,9-12,14H,6-8H2,1-2H3. The predicted octanol–water partition coefficient (Wildman–Crippen LogP) is 4.15. The summed E-state index contributed by atoms with van der Waals surface area (Å²) in [6.45, 7) is 2.16. The van der Waals surface area contributed by atoms with Gasteiger partial charge in [-0.05, 0) is 49.8 Å². The summed E-state index contributed by atoms with van der Waals surface area (Å²) in [5.74, 6) is 1.64. The van der Waals surface area contributed by atoms with Crippen LogP contribution in [0.5, 0.6) is 5.75 Å². The summed E-state index contributed by atoms with van der Waals surface area (Å²) >= 11 is 0. The van der Waals surface area contributed by atoms with Gasteiger partial charge in [-0.25, -0.2) is 0 Å². The molecule has 0 heterocycles. The van der Waals surface area contributed by atoms with E-state index in [2.05, 4.69) is 37.3 Å². The van der Waals surface area contributed by atoms with Crippen molar-refractivity contribution in [3.05, 3.63) is 53.6 Å². The number of aryl methyl sites for hydroxylation is 1. The summed E-state index contributed by atoms with van der Waals surface area (Å²) in [6.07, 6.45) is 10.5. The Morgan fingerprint density at radius 3 is 2.59 bits per heavy atom. The quantitative estimate of drug-likeness (QED) is 0.752. The van der Waals surface area contributed by atoms with Crippen molar-refractivity contribution in [2.45, 2.75) is 26.2 Å². The summed E-state index contributed by atoms with van der Waals surface area (Å²) in [6, 6.07) is 8.39. The van der Waals surface area contributed by atoms with Crippen LogP contribution in [0.15, 0.2) is 48.1 Å². The maximum atomic E-state index is 5.16. The van der Waals surface area contributed by atoms with Crippen molar-refractivity contribution in [3.63, 3.8) is 0 Å². The largest absolute Gasteiger partial charge is 0.497 e. The zero-order valence-electron chi connectivity index (χ0n) is 10.6. The number of ether oxygens (including phenoxy) is 1. The van der Waals surface area contributed by atoms with Crippen molar-refractivity contribution in [2.24, 2.45) is 5.92 Å². The Balaban J connectivity index is 1.84. The molecule has 0 spiro atoms. The Kier molecular flexibility index (Phi) is 4.03. The second-order valence-electron chi connectivity index (χ2n) is 4.69. The zero-order chi connectivity index (χ0) is 12.1. The molecule has 1 heteroatoms. The fourth-order valence-corrected chi connectivity index (χ4v) is 2.13. The van der Waals surface area contributed by atoms with Gasteiger partial charge in [-0.1, -0.05) is 35.9 Å². The van der Waals surface area contributed by atoms with Crippen LogP contribution < -0.4 is 4.74 Å². The molecule has 0 aromatic heterocycles. The van der Waals surface area contributed by atoms with E-state index in [4.69, 9.17) is 4.74 Å². The van der Waals surface area contributed by atoms with Crippen molar-refractivity contribution in [2.75, 3.05) is 7.11 Å². The van der Waals surface area contributed by atoms with Gasteiger partial charge in [-0.15, -0.1) is 0 Å². The molecule has 1 nitrogen and oxygen atoms in total. The summed E-state index contributed by atoms with van der Waals surface area (Å²) in [7, 11) is 1.70. The normalized spacial score (nSPS) is 18.9. The van der Waals surface area contributed by atoms with Crippen LogP contribution in [0.3, 0.4) is 0 Å². The molecule has 0 saturated heterocycles. The Labute approximate surface area is 104 Å². The second kappa shape index (κ2) is 5.72. The van der Waals surface area contributed by atoms with Crippen LogP contribution in [0, 0.1) is 5.92 Å². The molecule has 1 unspecified atom stereocenters. The van der Waals surface area contributed by atoms with Gasteiger partial charge in [0.15, 0.2) is 0 Å². The molecule has 1 aliphatic rings. The summed E-state index contributed by atoms with van der Waals surface area (Å²) in [4.78, 5) is 0. The highest BCUT2D eigenvalue weighted by atomic mass is 16.5. The van der Waals surface area contributed by atoms with Gasteiger partial charge in [0.25, 0.3) is 0 Å². The minimum absolute atomic E-state index is 0.709. The fourth-order valence-electron chi connectivity index (χ4n) is 2.13. The van der Waals surface area contributed by atoms with Crippen LogP contribution in [0.4, 0.5) is 0 Å². The van der Waals surface area contributed by atoms with Crippen LogP contribution in [-0.2, 0) is 6.42 Å². The fraction of sp³-hybridized carbons (Fsp3) is 0.375. The van der Waals surface area contributed by atoms with Crippen molar-refractivity contribution in [1.82, 2.24) is 0 Å². The third kappa shape index (κ3) is 3.48. The van der Waals surface area contributed by atoms with Crippen LogP contribution in [-0.4, -0.2) is 7.11 Å². The number of allylic oxidation sites excluding steroid dienone is 4. The lowest BCUT2D eigenvalue weighted by molar-refractivity contribution is 0.414. The first-order valence-corrected chi connectivity index (χ1v) is 6.26. The van der Waals surface area contributed by atoms with Crippen molar-refractivity contribution < 1.29 is 4.74 Å². The third-order valence-corrected chi connectivity index (χ3v) is 3.34. The van der Waals surface area contributed by atoms with Gasteiger partial charge in [0.05, 0.1) is 7.11 Å². The lowest BCUT2D eigenvalue weighted by Gasteiger charge is -2.14. The van der Waals surface area contributed by atoms with Crippen LogP contribution in [0.1, 0.15) is 25.3 Å². The number of methoxy groups -OCH3 is 1. The highest BCUT2D eigenvalue weighted by molar-refractivity contribution is 5.27. The topological polar surface area (TPSA) is 9.23 Å². The molecule has 0 bridgehead atoms. The smallest absolute Gasteiger partial charge is 0.118 e. The first-order chi connectivity index (χ1) is 8.28. The molecule has 90 valence electrons. The van der Waals surface area contributed by atoms with Crippen molar-refractivity contribution in [1.29, 1.82) is 0 Å². The Hall–Kier alpha value is -1.50. The zero-order valence-corrected chi connectivity index (χ0v) is 10.6. The molecule has 0 aliphatic heterocycles. The van der Waals surface area contributed by atoms with Gasteiger partial charge >= 0.3 is 0 Å². The molecule has 0 saturated carbocycles. The Bertz CT molecular complexity index is 412. The summed E-state index contributed by atoms with van der Waals surface area (Å²) in [5.41, 5.74) is 2.79. The molecule has 1 aromatic carbocycles. The lowest BCUT2D eigenvalue weighted by Crippen LogP contribution is -2.01. The molecular formula is C16H20O. The highest BCUT2D eigenvalue weighted by Gasteiger charge is 2.07. The van der Waals surface area contributed by atoms with Gasteiger partial charge in [0.1, 0.15) is 5.75 Å². The molecule has 0 amide bonds. The van der Waals surface area contributed by atoms with Gasteiger partial charge in [0, 0.05) is 0 Å². The third-order valence-electron chi connectivity index (χ3n) is 3.34. The van der Waals surface area contributed by atoms with Crippen LogP contribution >= 0.6 is 0 Å². The summed E-state index contributed by atoms with van der Waals surface area (Å²) in [5, 5.41) is 0. The van der Waals surface area contributed by atoms with E-state index in [1.165, 1.54) is 24.0 Å². The minimum Gasteiger partial charge on any atom is -0.497 e. The molecule has 0 radical (unpaired) electrons. The number of hydrogen-bond acceptors (Lipinski definition) is 1. The molecular weight excluding hydrogens is 208 g/mol. The Morgan fingerprint density at radius 2 is 2.00 bits per heavy atom. The SMILES string of the molecule is COc1ccc(CCC2C=CC(C)=CC2)cc1. The number of rotatable bonds is 4. The number of hydrogen-bond donors (Lipinski definition) is 0. The average Bonchev–Trinajstić information content (AvgIpc) is 2.39. The minimum atomic E-state index is 0.709. The Morgan fingerprint density at radius 1 is 1.24 bits per heavy atom. The van der Waals surface area contributed by atoms with Gasteiger partial charge in [-0.3, -0.25) is 0 Å². The molecule has 2 rings (SSSR count). The lowest BCUT2D eigenvalue weighted by atomic mass is 9.91. The average molecular weight is 228 g/mol. The summed E-state index contributed by atoms with van der Waals surface area (Å²) < 4.78 is 5.16. The number of benzene rings is 1. The molecule has 0 fully saturated rings. The van der Waals surface area contributed by atoms with E-state index >= 15 is 0 Å². The molecule has 0 N–H and O–H groups in total. The van der Waals surface area contributed by atoms with E-state index in [1.54, 1.807) is 7.11 Å². The maximum Gasteiger partial charge on any atom is 0.118 e. The van der Waals surface area contributed by atoms with Crippen LogP contribution in [0.25, 0.3) is 0 Å². The van der Waals surface area contributed by atoms with E-state index in [9.17, 15) is 0 Å². The predicted molar refractivity (Wildman–Crippen MR) is 72.3 cm³/mol. The van der Waals surface area contributed by atoms with E-state index in [-0.39, 0.29) is 0 Å². The molecule has 1 atom stereocenters. The molecule has 1 aliphatic carbocycles. The van der Waals surface area contributed by atoms with E-state index < -0.39 is 0 Å². The van der Waals surface area contributed by atoms with E-state index in [1.807, 2.05) is 12.1 Å². The van der Waals surface area contributed by atoms with Crippen molar-refractivity contribution >= 4 is 0 Å². The van der Waals surface area contributed by atoms with E-state index in [0.717, 1.165) is 12.2 Å².